The first kappa shape index (κ1) is 15.2. The predicted octanol–water partition coefficient (Wildman–Crippen LogP) is 3.74. The normalized spacial score (nSPS) is 32.3. The molecule has 0 N–H and O–H groups in total. The lowest BCUT2D eigenvalue weighted by atomic mass is 9.84. The van der Waals surface area contributed by atoms with Crippen LogP contribution in [-0.2, 0) is 9.53 Å². The van der Waals surface area contributed by atoms with Gasteiger partial charge in [-0.05, 0) is 44.2 Å². The van der Waals surface area contributed by atoms with Gasteiger partial charge in [-0.3, -0.25) is 9.69 Å². The van der Waals surface area contributed by atoms with E-state index in [-0.39, 0.29) is 18.0 Å². The van der Waals surface area contributed by atoms with Crippen LogP contribution in [0.25, 0.3) is 0 Å². The van der Waals surface area contributed by atoms with Crippen molar-refractivity contribution >= 4 is 5.97 Å². The molecule has 23 heavy (non-hydrogen) atoms. The molecular weight excluding hydrogens is 286 g/mol. The van der Waals surface area contributed by atoms with Crippen LogP contribution in [0.5, 0.6) is 0 Å². The first-order chi connectivity index (χ1) is 11.2. The predicted molar refractivity (Wildman–Crippen MR) is 90.2 cm³/mol. The first-order valence-electron chi connectivity index (χ1n) is 9.21. The summed E-state index contributed by atoms with van der Waals surface area (Å²) in [6, 6.07) is 11.4. The van der Waals surface area contributed by atoms with Gasteiger partial charge in [0.2, 0.25) is 0 Å². The summed E-state index contributed by atoms with van der Waals surface area (Å²) in [5.74, 6) is 0.415. The fourth-order valence-corrected chi connectivity index (χ4v) is 5.10. The molecule has 3 aliphatic rings. The van der Waals surface area contributed by atoms with E-state index in [4.69, 9.17) is 4.74 Å². The second-order valence-corrected chi connectivity index (χ2v) is 7.61. The SMILES string of the molecule is CN1C2CCC1[C@@H](OC(=O)[C@H](c1ccccc1)C1CCCC1)C2. The van der Waals surface area contributed by atoms with Crippen LogP contribution in [-0.4, -0.2) is 36.1 Å². The Hall–Kier alpha value is -1.35. The lowest BCUT2D eigenvalue weighted by Crippen LogP contribution is -2.35. The Morgan fingerprint density at radius 2 is 1.87 bits per heavy atom. The minimum atomic E-state index is -0.0665. The topological polar surface area (TPSA) is 29.5 Å². The van der Waals surface area contributed by atoms with E-state index in [1.165, 1.54) is 25.7 Å². The Balaban J connectivity index is 1.51. The van der Waals surface area contributed by atoms with Crippen LogP contribution in [0.2, 0.25) is 0 Å². The maximum atomic E-state index is 13.0. The number of rotatable bonds is 4. The van der Waals surface area contributed by atoms with Crippen molar-refractivity contribution < 1.29 is 9.53 Å². The van der Waals surface area contributed by atoms with Gasteiger partial charge in [0.25, 0.3) is 0 Å². The van der Waals surface area contributed by atoms with Crippen molar-refractivity contribution in [2.45, 2.75) is 69.1 Å². The van der Waals surface area contributed by atoms with E-state index in [0.717, 1.165) is 24.8 Å². The van der Waals surface area contributed by atoms with Crippen LogP contribution < -0.4 is 0 Å². The Kier molecular flexibility index (Phi) is 4.14. The molecule has 3 nitrogen and oxygen atoms in total. The molecule has 1 aliphatic carbocycles. The van der Waals surface area contributed by atoms with Crippen molar-refractivity contribution in [1.29, 1.82) is 0 Å². The van der Waals surface area contributed by atoms with Crippen LogP contribution in [0.1, 0.15) is 56.4 Å². The van der Waals surface area contributed by atoms with Gasteiger partial charge in [-0.25, -0.2) is 0 Å². The summed E-state index contributed by atoms with van der Waals surface area (Å²) in [6.45, 7) is 0. The molecule has 1 aromatic carbocycles. The quantitative estimate of drug-likeness (QED) is 0.793. The number of ether oxygens (including phenoxy) is 1. The highest BCUT2D eigenvalue weighted by Crippen LogP contribution is 2.41. The van der Waals surface area contributed by atoms with Gasteiger partial charge in [0, 0.05) is 18.5 Å². The number of hydrogen-bond acceptors (Lipinski definition) is 3. The summed E-state index contributed by atoms with van der Waals surface area (Å²) in [4.78, 5) is 15.5. The van der Waals surface area contributed by atoms with Crippen LogP contribution in [0.3, 0.4) is 0 Å². The maximum Gasteiger partial charge on any atom is 0.314 e. The van der Waals surface area contributed by atoms with Crippen molar-refractivity contribution in [2.24, 2.45) is 5.92 Å². The molecule has 3 fully saturated rings. The fraction of sp³-hybridized carbons (Fsp3) is 0.650. The minimum absolute atomic E-state index is 0.0223. The zero-order valence-corrected chi connectivity index (χ0v) is 14.0. The standard InChI is InChI=1S/C20H27NO2/c1-21-16-11-12-17(21)18(13-16)23-20(22)19(15-9-5-6-10-15)14-7-3-2-4-8-14/h2-4,7-8,15-19H,5-6,9-13H2,1H3/t16?,17?,18-,19+/m0/s1. The molecule has 2 unspecified atom stereocenters. The molecule has 4 atom stereocenters. The molecule has 124 valence electrons. The second kappa shape index (κ2) is 6.27. The lowest BCUT2D eigenvalue weighted by Gasteiger charge is -2.27. The highest BCUT2D eigenvalue weighted by Gasteiger charge is 2.47. The fourth-order valence-electron chi connectivity index (χ4n) is 5.10. The average Bonchev–Trinajstić information content (AvgIpc) is 3.27. The van der Waals surface area contributed by atoms with Crippen LogP contribution in [0.4, 0.5) is 0 Å². The van der Waals surface area contributed by atoms with E-state index < -0.39 is 0 Å². The molecule has 4 rings (SSSR count). The summed E-state index contributed by atoms with van der Waals surface area (Å²) in [5.41, 5.74) is 1.14. The van der Waals surface area contributed by atoms with Gasteiger partial charge in [0.05, 0.1) is 5.92 Å². The van der Waals surface area contributed by atoms with Gasteiger partial charge in [0.1, 0.15) is 6.10 Å². The van der Waals surface area contributed by atoms with Gasteiger partial charge in [-0.1, -0.05) is 43.2 Å². The molecule has 2 heterocycles. The third-order valence-electron chi connectivity index (χ3n) is 6.38. The summed E-state index contributed by atoms with van der Waals surface area (Å²) >= 11 is 0. The third-order valence-corrected chi connectivity index (χ3v) is 6.38. The Morgan fingerprint density at radius 3 is 2.48 bits per heavy atom. The number of hydrogen-bond donors (Lipinski definition) is 0. The van der Waals surface area contributed by atoms with E-state index in [2.05, 4.69) is 24.1 Å². The zero-order valence-electron chi connectivity index (χ0n) is 14.0. The molecule has 2 saturated heterocycles. The molecule has 0 aromatic heterocycles. The molecule has 0 radical (unpaired) electrons. The average molecular weight is 313 g/mol. The Morgan fingerprint density at radius 1 is 1.13 bits per heavy atom. The maximum absolute atomic E-state index is 13.0. The van der Waals surface area contributed by atoms with Crippen LogP contribution in [0, 0.1) is 5.92 Å². The molecule has 2 aliphatic heterocycles. The smallest absolute Gasteiger partial charge is 0.314 e. The van der Waals surface area contributed by atoms with Crippen molar-refractivity contribution in [3.05, 3.63) is 35.9 Å². The molecule has 1 aromatic rings. The number of carbonyl (C=O) groups excluding carboxylic acids is 1. The van der Waals surface area contributed by atoms with Gasteiger partial charge in [-0.15, -0.1) is 0 Å². The number of fused-ring (bicyclic) bond motifs is 2. The second-order valence-electron chi connectivity index (χ2n) is 7.61. The summed E-state index contributed by atoms with van der Waals surface area (Å²) in [6.07, 6.45) is 8.39. The van der Waals surface area contributed by atoms with Crippen LogP contribution >= 0.6 is 0 Å². The number of likely N-dealkylation sites (N-methyl/N-ethyl adjacent to an activating group) is 1. The van der Waals surface area contributed by atoms with Crippen molar-refractivity contribution in [1.82, 2.24) is 4.90 Å². The molecule has 0 spiro atoms. The van der Waals surface area contributed by atoms with Crippen molar-refractivity contribution in [3.8, 4) is 0 Å². The highest BCUT2D eigenvalue weighted by atomic mass is 16.5. The van der Waals surface area contributed by atoms with E-state index in [1.54, 1.807) is 0 Å². The van der Waals surface area contributed by atoms with Crippen LogP contribution in [0.15, 0.2) is 30.3 Å². The molecular formula is C20H27NO2. The monoisotopic (exact) mass is 313 g/mol. The lowest BCUT2D eigenvalue weighted by molar-refractivity contribution is -0.153. The molecule has 1 saturated carbocycles. The highest BCUT2D eigenvalue weighted by molar-refractivity contribution is 5.79. The van der Waals surface area contributed by atoms with Gasteiger partial charge in [-0.2, -0.15) is 0 Å². The first-order valence-corrected chi connectivity index (χ1v) is 9.21. The van der Waals surface area contributed by atoms with Gasteiger partial charge in [0.15, 0.2) is 0 Å². The van der Waals surface area contributed by atoms with E-state index in [9.17, 15) is 4.79 Å². The van der Waals surface area contributed by atoms with E-state index >= 15 is 0 Å². The Labute approximate surface area is 139 Å². The zero-order chi connectivity index (χ0) is 15.8. The van der Waals surface area contributed by atoms with E-state index in [0.29, 0.717) is 18.0 Å². The summed E-state index contributed by atoms with van der Waals surface area (Å²) < 4.78 is 6.06. The number of carbonyl (C=O) groups is 1. The summed E-state index contributed by atoms with van der Waals surface area (Å²) in [5, 5.41) is 0. The molecule has 2 bridgehead atoms. The summed E-state index contributed by atoms with van der Waals surface area (Å²) in [7, 11) is 2.18. The molecule has 0 amide bonds. The third kappa shape index (κ3) is 2.80. The van der Waals surface area contributed by atoms with Gasteiger partial charge >= 0.3 is 5.97 Å². The largest absolute Gasteiger partial charge is 0.460 e. The molecule has 3 heteroatoms. The van der Waals surface area contributed by atoms with E-state index in [1.807, 2.05) is 18.2 Å². The number of esters is 1. The Bertz CT molecular complexity index is 552. The van der Waals surface area contributed by atoms with Crippen molar-refractivity contribution in [3.63, 3.8) is 0 Å². The minimum Gasteiger partial charge on any atom is -0.460 e. The number of nitrogens with zero attached hydrogens (tertiary/aromatic N) is 1. The van der Waals surface area contributed by atoms with Crippen molar-refractivity contribution in [2.75, 3.05) is 7.05 Å². The number of benzene rings is 1. The van der Waals surface area contributed by atoms with Gasteiger partial charge < -0.3 is 4.74 Å².